The highest BCUT2D eigenvalue weighted by Crippen LogP contribution is 2.29. The van der Waals surface area contributed by atoms with Gasteiger partial charge in [0.25, 0.3) is 0 Å². The minimum atomic E-state index is -0.720. The van der Waals surface area contributed by atoms with Crippen molar-refractivity contribution in [3.8, 4) is 11.4 Å². The molecule has 12 heteroatoms. The van der Waals surface area contributed by atoms with Crippen molar-refractivity contribution < 1.29 is 23.9 Å². The van der Waals surface area contributed by atoms with Gasteiger partial charge in [-0.05, 0) is 42.3 Å². The molecule has 1 fully saturated rings. The molecule has 0 N–H and O–H groups in total. The highest BCUT2D eigenvalue weighted by atomic mass is 35.5. The van der Waals surface area contributed by atoms with Gasteiger partial charge in [-0.15, -0.1) is 15.0 Å². The molecule has 1 atom stereocenters. The van der Waals surface area contributed by atoms with E-state index in [2.05, 4.69) is 20.1 Å². The van der Waals surface area contributed by atoms with Crippen LogP contribution in [-0.2, 0) is 23.9 Å². The van der Waals surface area contributed by atoms with Crippen molar-refractivity contribution in [2.75, 3.05) is 26.0 Å². The summed E-state index contributed by atoms with van der Waals surface area (Å²) >= 11 is 7.16. The van der Waals surface area contributed by atoms with Crippen LogP contribution in [-0.4, -0.2) is 69.0 Å². The molecule has 3 rings (SSSR count). The third-order valence-corrected chi connectivity index (χ3v) is 5.87. The zero-order valence-corrected chi connectivity index (χ0v) is 19.1. The first-order valence-corrected chi connectivity index (χ1v) is 11.2. The van der Waals surface area contributed by atoms with E-state index >= 15 is 0 Å². The van der Waals surface area contributed by atoms with Gasteiger partial charge in [-0.3, -0.25) is 4.79 Å². The van der Waals surface area contributed by atoms with Crippen molar-refractivity contribution >= 4 is 41.2 Å². The SMILES string of the molecule is CCC(C(=O)OCCCN1C(=O)CS/C1=C\C(=O)OC)n1nnc(-c2ccc(Cl)cc2)n1. The summed E-state index contributed by atoms with van der Waals surface area (Å²) in [5, 5.41) is 13.4. The quantitative estimate of drug-likeness (QED) is 0.303. The first-order valence-electron chi connectivity index (χ1n) is 9.87. The third kappa shape index (κ3) is 5.86. The highest BCUT2D eigenvalue weighted by Gasteiger charge is 2.28. The molecule has 1 amide bonds. The van der Waals surface area contributed by atoms with E-state index in [0.29, 0.717) is 35.3 Å². The Kier molecular flexibility index (Phi) is 8.23. The fourth-order valence-electron chi connectivity index (χ4n) is 2.92. The van der Waals surface area contributed by atoms with Gasteiger partial charge in [-0.2, -0.15) is 0 Å². The fraction of sp³-hybridized carbons (Fsp3) is 0.400. The van der Waals surface area contributed by atoms with Crippen molar-refractivity contribution in [2.24, 2.45) is 0 Å². The predicted octanol–water partition coefficient (Wildman–Crippen LogP) is 2.47. The summed E-state index contributed by atoms with van der Waals surface area (Å²) < 4.78 is 9.98. The Morgan fingerprint density at radius 2 is 2.06 bits per heavy atom. The molecule has 2 aromatic rings. The molecule has 1 aromatic carbocycles. The second-order valence-electron chi connectivity index (χ2n) is 6.73. The predicted molar refractivity (Wildman–Crippen MR) is 117 cm³/mol. The topological polar surface area (TPSA) is 117 Å². The van der Waals surface area contributed by atoms with Crippen molar-refractivity contribution in [3.63, 3.8) is 0 Å². The Labute approximate surface area is 193 Å². The molecule has 170 valence electrons. The molecule has 0 radical (unpaired) electrons. The maximum absolute atomic E-state index is 12.5. The summed E-state index contributed by atoms with van der Waals surface area (Å²) in [6.45, 7) is 2.25. The monoisotopic (exact) mass is 479 g/mol. The van der Waals surface area contributed by atoms with Crippen molar-refractivity contribution in [3.05, 3.63) is 40.4 Å². The molecule has 0 aliphatic carbocycles. The van der Waals surface area contributed by atoms with Crippen LogP contribution in [0.5, 0.6) is 0 Å². The van der Waals surface area contributed by atoms with E-state index in [1.807, 2.05) is 6.92 Å². The lowest BCUT2D eigenvalue weighted by atomic mass is 10.2. The average molecular weight is 480 g/mol. The maximum atomic E-state index is 12.5. The van der Waals surface area contributed by atoms with Crippen LogP contribution in [0, 0.1) is 0 Å². The number of amides is 1. The number of benzene rings is 1. The number of esters is 2. The largest absolute Gasteiger partial charge is 0.466 e. The van der Waals surface area contributed by atoms with Gasteiger partial charge in [0.15, 0.2) is 6.04 Å². The van der Waals surface area contributed by atoms with Crippen LogP contribution < -0.4 is 0 Å². The summed E-state index contributed by atoms with van der Waals surface area (Å²) in [7, 11) is 1.27. The molecule has 1 aliphatic rings. The molecule has 0 bridgehead atoms. The number of rotatable bonds is 9. The molecule has 1 unspecified atom stereocenters. The van der Waals surface area contributed by atoms with Gasteiger partial charge in [-0.1, -0.05) is 30.3 Å². The van der Waals surface area contributed by atoms with E-state index in [-0.39, 0.29) is 18.3 Å². The van der Waals surface area contributed by atoms with Crippen molar-refractivity contribution in [1.82, 2.24) is 25.1 Å². The van der Waals surface area contributed by atoms with Crippen molar-refractivity contribution in [2.45, 2.75) is 25.8 Å². The summed E-state index contributed by atoms with van der Waals surface area (Å²) in [5.41, 5.74) is 0.729. The molecule has 32 heavy (non-hydrogen) atoms. The number of aromatic nitrogens is 4. The molecular formula is C20H22ClN5O5S. The van der Waals surface area contributed by atoms with Gasteiger partial charge in [-0.25, -0.2) is 9.59 Å². The number of hydrogen-bond donors (Lipinski definition) is 0. The van der Waals surface area contributed by atoms with Crippen LogP contribution >= 0.6 is 23.4 Å². The normalized spacial score (nSPS) is 15.8. The number of hydrogen-bond acceptors (Lipinski definition) is 9. The number of carbonyl (C=O) groups excluding carboxylic acids is 3. The number of carbonyl (C=O) groups is 3. The van der Waals surface area contributed by atoms with Gasteiger partial charge >= 0.3 is 11.9 Å². The number of ether oxygens (including phenoxy) is 2. The van der Waals surface area contributed by atoms with Crippen LogP contribution in [0.2, 0.25) is 5.02 Å². The minimum absolute atomic E-state index is 0.105. The van der Waals surface area contributed by atoms with Gasteiger partial charge in [0.1, 0.15) is 0 Å². The molecule has 1 aliphatic heterocycles. The van der Waals surface area contributed by atoms with Crippen LogP contribution in [0.25, 0.3) is 11.4 Å². The van der Waals surface area contributed by atoms with Gasteiger partial charge < -0.3 is 14.4 Å². The lowest BCUT2D eigenvalue weighted by Crippen LogP contribution is -2.28. The third-order valence-electron chi connectivity index (χ3n) is 4.59. The number of nitrogens with zero attached hydrogens (tertiary/aromatic N) is 5. The lowest BCUT2D eigenvalue weighted by molar-refractivity contribution is -0.148. The first-order chi connectivity index (χ1) is 15.4. The Bertz CT molecular complexity index is 1010. The molecule has 10 nitrogen and oxygen atoms in total. The summed E-state index contributed by atoms with van der Waals surface area (Å²) in [6, 6.07) is 6.26. The number of tetrazole rings is 1. The van der Waals surface area contributed by atoms with E-state index in [9.17, 15) is 14.4 Å². The first kappa shape index (κ1) is 23.7. The van der Waals surface area contributed by atoms with Crippen molar-refractivity contribution in [1.29, 1.82) is 0 Å². The summed E-state index contributed by atoms with van der Waals surface area (Å²) in [5.74, 6) is -0.482. The Morgan fingerprint density at radius 1 is 1.31 bits per heavy atom. The van der Waals surface area contributed by atoms with Gasteiger partial charge in [0, 0.05) is 17.1 Å². The van der Waals surface area contributed by atoms with Gasteiger partial charge in [0.2, 0.25) is 11.7 Å². The summed E-state index contributed by atoms with van der Waals surface area (Å²) in [4.78, 5) is 38.8. The molecule has 0 saturated carbocycles. The smallest absolute Gasteiger partial charge is 0.333 e. The zero-order valence-electron chi connectivity index (χ0n) is 17.6. The number of halogens is 1. The standard InChI is InChI=1S/C20H22ClN5O5S/c1-3-15(26-23-19(22-24-26)13-5-7-14(21)8-6-13)20(29)31-10-4-9-25-16(27)12-32-17(25)11-18(28)30-2/h5-8,11,15H,3-4,9-10,12H2,1-2H3/b17-11-. The van der Waals surface area contributed by atoms with Crippen LogP contribution in [0.15, 0.2) is 35.4 Å². The van der Waals surface area contributed by atoms with E-state index in [1.165, 1.54) is 34.6 Å². The van der Waals surface area contributed by atoms with Gasteiger partial charge in [0.05, 0.1) is 30.6 Å². The van der Waals surface area contributed by atoms with E-state index in [0.717, 1.165) is 5.56 Å². The van der Waals surface area contributed by atoms with E-state index in [1.54, 1.807) is 24.3 Å². The Balaban J connectivity index is 1.53. The molecule has 2 heterocycles. The van der Waals surface area contributed by atoms with Crippen LogP contribution in [0.1, 0.15) is 25.8 Å². The Hall–Kier alpha value is -2.92. The fourth-order valence-corrected chi connectivity index (χ4v) is 4.00. The highest BCUT2D eigenvalue weighted by molar-refractivity contribution is 8.04. The second-order valence-corrected chi connectivity index (χ2v) is 8.16. The summed E-state index contributed by atoms with van der Waals surface area (Å²) in [6.07, 6.45) is 2.11. The van der Waals surface area contributed by atoms with Crippen LogP contribution in [0.4, 0.5) is 0 Å². The molecule has 0 spiro atoms. The lowest BCUT2D eigenvalue weighted by Gasteiger charge is -2.17. The Morgan fingerprint density at radius 3 is 2.75 bits per heavy atom. The zero-order chi connectivity index (χ0) is 23.1. The van der Waals surface area contributed by atoms with Crippen LogP contribution in [0.3, 0.4) is 0 Å². The number of thioether (sulfide) groups is 1. The maximum Gasteiger partial charge on any atom is 0.333 e. The number of methoxy groups -OCH3 is 1. The molecule has 1 aromatic heterocycles. The average Bonchev–Trinajstić information content (AvgIpc) is 3.40. The second kappa shape index (κ2) is 11.1. The molecule has 1 saturated heterocycles. The van der Waals surface area contributed by atoms with E-state index in [4.69, 9.17) is 16.3 Å². The minimum Gasteiger partial charge on any atom is -0.466 e. The molecular weight excluding hydrogens is 458 g/mol. The van der Waals surface area contributed by atoms with E-state index < -0.39 is 18.0 Å².